The second-order valence-electron chi connectivity index (χ2n) is 5.44. The third kappa shape index (κ3) is 4.03. The number of nitrogens with zero attached hydrogens (tertiary/aromatic N) is 3. The van der Waals surface area contributed by atoms with E-state index in [0.717, 1.165) is 5.75 Å². The number of hydrogen-bond donors (Lipinski definition) is 1. The highest BCUT2D eigenvalue weighted by atomic mass is 32.2. The molecule has 1 aliphatic rings. The highest BCUT2D eigenvalue weighted by molar-refractivity contribution is 8.13. The average molecular weight is 356 g/mol. The molecule has 2 aromatic rings. The molecule has 1 atom stereocenters. The lowest BCUT2D eigenvalue weighted by atomic mass is 10.0. The van der Waals surface area contributed by atoms with Crippen LogP contribution in [0, 0.1) is 17.1 Å². The molecule has 0 saturated heterocycles. The minimum Gasteiger partial charge on any atom is -0.379 e. The molecule has 1 aliphatic heterocycles. The Balaban J connectivity index is 1.91. The number of aromatic nitrogens is 1. The topological polar surface area (TPSA) is 75.1 Å². The molecule has 0 spiro atoms. The largest absolute Gasteiger partial charge is 0.379 e. The molecule has 2 N–H and O–H groups in total. The second-order valence-corrected chi connectivity index (χ2v) is 6.55. The van der Waals surface area contributed by atoms with E-state index in [4.69, 9.17) is 11.0 Å². The van der Waals surface area contributed by atoms with Gasteiger partial charge in [0, 0.05) is 17.5 Å². The number of benzene rings is 1. The normalized spacial score (nSPS) is 17.7. The maximum absolute atomic E-state index is 14.4. The first-order chi connectivity index (χ1) is 12.1. The first-order valence-corrected chi connectivity index (χ1v) is 8.54. The van der Waals surface area contributed by atoms with Crippen molar-refractivity contribution in [1.82, 2.24) is 4.98 Å². The van der Waals surface area contributed by atoms with Crippen LogP contribution in [-0.4, -0.2) is 15.9 Å². The van der Waals surface area contributed by atoms with Gasteiger partial charge in [-0.15, -0.1) is 0 Å². The molecule has 1 unspecified atom stereocenters. The Morgan fingerprint density at radius 1 is 1.36 bits per heavy atom. The van der Waals surface area contributed by atoms with Gasteiger partial charge in [0.2, 0.25) is 0 Å². The zero-order valence-corrected chi connectivity index (χ0v) is 13.9. The van der Waals surface area contributed by atoms with Crippen LogP contribution in [0.2, 0.25) is 0 Å². The van der Waals surface area contributed by atoms with Crippen LogP contribution in [0.4, 0.5) is 8.78 Å². The van der Waals surface area contributed by atoms with Crippen molar-refractivity contribution in [1.29, 1.82) is 5.26 Å². The summed E-state index contributed by atoms with van der Waals surface area (Å²) in [6.07, 6.45) is 3.26. The van der Waals surface area contributed by atoms with Gasteiger partial charge < -0.3 is 5.73 Å². The van der Waals surface area contributed by atoms with Crippen LogP contribution >= 0.6 is 11.8 Å². The minimum absolute atomic E-state index is 0.112. The SMILES string of the molecule is N#Cc1ccc(/C(F)=C/c2ccc(F)c(C3CCSC(N)=N3)c2)nc1. The van der Waals surface area contributed by atoms with Crippen molar-refractivity contribution in [3.05, 3.63) is 64.7 Å². The van der Waals surface area contributed by atoms with Gasteiger partial charge in [0.05, 0.1) is 17.3 Å². The highest BCUT2D eigenvalue weighted by Crippen LogP contribution is 2.31. The van der Waals surface area contributed by atoms with Crippen LogP contribution in [0.5, 0.6) is 0 Å². The summed E-state index contributed by atoms with van der Waals surface area (Å²) < 4.78 is 28.5. The molecule has 0 fully saturated rings. The molecule has 0 saturated carbocycles. The molecule has 126 valence electrons. The quantitative estimate of drug-likeness (QED) is 0.900. The van der Waals surface area contributed by atoms with Crippen molar-refractivity contribution in [3.8, 4) is 6.07 Å². The van der Waals surface area contributed by atoms with Crippen LogP contribution < -0.4 is 5.73 Å². The zero-order chi connectivity index (χ0) is 17.8. The molecule has 25 heavy (non-hydrogen) atoms. The molecule has 0 amide bonds. The summed E-state index contributed by atoms with van der Waals surface area (Å²) in [6, 6.07) is 8.86. The molecule has 1 aromatic carbocycles. The third-order valence-electron chi connectivity index (χ3n) is 3.73. The maximum Gasteiger partial charge on any atom is 0.154 e. The van der Waals surface area contributed by atoms with Gasteiger partial charge in [-0.25, -0.2) is 8.78 Å². The standard InChI is InChI=1S/C18H14F2N4S/c19-14-3-1-11(7-13(14)16-5-6-25-18(22)24-16)8-15(20)17-4-2-12(9-21)10-23-17/h1-4,7-8,10,16H,5-6H2,(H2,22,24)/b15-8-. The average Bonchev–Trinajstić information content (AvgIpc) is 2.63. The number of pyridine rings is 1. The van der Waals surface area contributed by atoms with E-state index in [-0.39, 0.29) is 17.6 Å². The Labute approximate surface area is 148 Å². The number of thioether (sulfide) groups is 1. The summed E-state index contributed by atoms with van der Waals surface area (Å²) in [6.45, 7) is 0. The summed E-state index contributed by atoms with van der Waals surface area (Å²) in [5, 5.41) is 9.18. The fourth-order valence-electron chi connectivity index (χ4n) is 2.48. The molecule has 1 aromatic heterocycles. The molecule has 7 heteroatoms. The summed E-state index contributed by atoms with van der Waals surface area (Å²) in [4.78, 5) is 8.18. The summed E-state index contributed by atoms with van der Waals surface area (Å²) in [7, 11) is 0. The van der Waals surface area contributed by atoms with Gasteiger partial charge in [-0.3, -0.25) is 9.98 Å². The van der Waals surface area contributed by atoms with Gasteiger partial charge in [0.25, 0.3) is 0 Å². The van der Waals surface area contributed by atoms with Crippen LogP contribution in [0.1, 0.15) is 34.8 Å². The first-order valence-electron chi connectivity index (χ1n) is 7.56. The number of halogens is 2. The molecule has 0 bridgehead atoms. The van der Waals surface area contributed by atoms with Crippen LogP contribution in [-0.2, 0) is 0 Å². The predicted octanol–water partition coefficient (Wildman–Crippen LogP) is 4.05. The molecular weight excluding hydrogens is 342 g/mol. The fourth-order valence-corrected chi connectivity index (χ4v) is 3.24. The van der Waals surface area contributed by atoms with Crippen LogP contribution in [0.25, 0.3) is 11.9 Å². The number of aliphatic imine (C=N–C) groups is 1. The number of nitriles is 1. The van der Waals surface area contributed by atoms with E-state index >= 15 is 0 Å². The van der Waals surface area contributed by atoms with Crippen molar-refractivity contribution < 1.29 is 8.78 Å². The van der Waals surface area contributed by atoms with Gasteiger partial charge >= 0.3 is 0 Å². The van der Waals surface area contributed by atoms with Crippen LogP contribution in [0.3, 0.4) is 0 Å². The van der Waals surface area contributed by atoms with E-state index < -0.39 is 5.83 Å². The Bertz CT molecular complexity index is 885. The minimum atomic E-state index is -0.565. The Morgan fingerprint density at radius 2 is 2.20 bits per heavy atom. The van der Waals surface area contributed by atoms with E-state index in [2.05, 4.69) is 9.98 Å². The Morgan fingerprint density at radius 3 is 2.88 bits per heavy atom. The monoisotopic (exact) mass is 356 g/mol. The van der Waals surface area contributed by atoms with Gasteiger partial charge in [0.15, 0.2) is 5.17 Å². The van der Waals surface area contributed by atoms with Gasteiger partial charge in [-0.05, 0) is 42.3 Å². The second kappa shape index (κ2) is 7.45. The lowest BCUT2D eigenvalue weighted by Crippen LogP contribution is -2.16. The number of amidine groups is 1. The smallest absolute Gasteiger partial charge is 0.154 e. The number of hydrogen-bond acceptors (Lipinski definition) is 5. The molecule has 2 heterocycles. The van der Waals surface area contributed by atoms with Crippen molar-refractivity contribution >= 4 is 28.8 Å². The Hall–Kier alpha value is -2.72. The summed E-state index contributed by atoms with van der Waals surface area (Å²) >= 11 is 1.44. The molecular formula is C18H14F2N4S. The van der Waals surface area contributed by atoms with Crippen molar-refractivity contribution in [2.75, 3.05) is 5.75 Å². The zero-order valence-electron chi connectivity index (χ0n) is 13.1. The van der Waals surface area contributed by atoms with Gasteiger partial charge in [-0.1, -0.05) is 17.8 Å². The van der Waals surface area contributed by atoms with Crippen LogP contribution in [0.15, 0.2) is 41.5 Å². The number of nitrogens with two attached hydrogens (primary N) is 1. The molecule has 0 aliphatic carbocycles. The van der Waals surface area contributed by atoms with Gasteiger partial charge in [0.1, 0.15) is 17.7 Å². The van der Waals surface area contributed by atoms with E-state index in [1.54, 1.807) is 6.07 Å². The molecule has 0 radical (unpaired) electrons. The summed E-state index contributed by atoms with van der Waals surface area (Å²) in [5.74, 6) is -0.185. The maximum atomic E-state index is 14.4. The van der Waals surface area contributed by atoms with Crippen molar-refractivity contribution in [2.45, 2.75) is 12.5 Å². The lowest BCUT2D eigenvalue weighted by molar-refractivity contribution is 0.577. The lowest BCUT2D eigenvalue weighted by Gasteiger charge is -2.19. The summed E-state index contributed by atoms with van der Waals surface area (Å²) in [5.41, 5.74) is 7.09. The molecule has 3 rings (SSSR count). The van der Waals surface area contributed by atoms with E-state index in [1.165, 1.54) is 48.3 Å². The highest BCUT2D eigenvalue weighted by Gasteiger charge is 2.19. The van der Waals surface area contributed by atoms with E-state index in [1.807, 2.05) is 6.07 Å². The van der Waals surface area contributed by atoms with E-state index in [9.17, 15) is 8.78 Å². The third-order valence-corrected chi connectivity index (χ3v) is 4.58. The van der Waals surface area contributed by atoms with Crippen molar-refractivity contribution in [3.63, 3.8) is 0 Å². The molecule has 4 nitrogen and oxygen atoms in total. The van der Waals surface area contributed by atoms with Crippen molar-refractivity contribution in [2.24, 2.45) is 10.7 Å². The first kappa shape index (κ1) is 17.1. The van der Waals surface area contributed by atoms with E-state index in [0.29, 0.717) is 28.3 Å². The predicted molar refractivity (Wildman–Crippen MR) is 95.8 cm³/mol. The fraction of sp³-hybridized carbons (Fsp3) is 0.167. The Kier molecular flexibility index (Phi) is 5.10. The van der Waals surface area contributed by atoms with Gasteiger partial charge in [-0.2, -0.15) is 5.26 Å². The number of rotatable bonds is 3.